The molecule has 0 atom stereocenters. The maximum absolute atomic E-state index is 12.5. The van der Waals surface area contributed by atoms with Crippen LogP contribution in [0.5, 0.6) is 5.75 Å². The van der Waals surface area contributed by atoms with Crippen LogP contribution in [0.1, 0.15) is 34.3 Å². The number of ether oxygens (including phenoxy) is 1. The van der Waals surface area contributed by atoms with Crippen LogP contribution in [0.25, 0.3) is 0 Å². The fraction of sp³-hybridized carbons (Fsp3) is 0.375. The summed E-state index contributed by atoms with van der Waals surface area (Å²) >= 11 is 0. The number of aryl methyl sites for hydroxylation is 1. The molecule has 0 saturated heterocycles. The summed E-state index contributed by atoms with van der Waals surface area (Å²) in [5, 5.41) is 3.97. The average Bonchev–Trinajstić information content (AvgIpc) is 2.88. The average molecular weight is 286 g/mol. The fourth-order valence-electron chi connectivity index (χ4n) is 2.60. The lowest BCUT2D eigenvalue weighted by Crippen LogP contribution is -2.35. The molecule has 0 spiro atoms. The van der Waals surface area contributed by atoms with E-state index >= 15 is 0 Å². The van der Waals surface area contributed by atoms with Crippen LogP contribution in [0.4, 0.5) is 0 Å². The standard InChI is InChI=1S/C16H18N2O3/c1-3-20-13-6-4-12(5-7-13)16(19)18-9-8-14-11(2)17-21-15(14)10-18/h4-7H,3,8-10H2,1-2H3. The topological polar surface area (TPSA) is 55.6 Å². The van der Waals surface area contributed by atoms with E-state index in [1.54, 1.807) is 17.0 Å². The third-order valence-electron chi connectivity index (χ3n) is 3.73. The Bertz CT molecular complexity index is 646. The quantitative estimate of drug-likeness (QED) is 0.870. The van der Waals surface area contributed by atoms with Gasteiger partial charge in [0.05, 0.1) is 18.8 Å². The summed E-state index contributed by atoms with van der Waals surface area (Å²) in [7, 11) is 0. The second-order valence-electron chi connectivity index (χ2n) is 5.10. The molecule has 1 aromatic heterocycles. The van der Waals surface area contributed by atoms with Crippen LogP contribution >= 0.6 is 0 Å². The molecule has 3 rings (SSSR count). The fourth-order valence-corrected chi connectivity index (χ4v) is 2.60. The molecule has 1 aromatic carbocycles. The molecule has 1 aliphatic rings. The molecular formula is C16H18N2O3. The highest BCUT2D eigenvalue weighted by molar-refractivity contribution is 5.94. The first-order valence-electron chi connectivity index (χ1n) is 7.15. The van der Waals surface area contributed by atoms with Crippen molar-refractivity contribution in [3.8, 4) is 5.75 Å². The Hall–Kier alpha value is -2.30. The summed E-state index contributed by atoms with van der Waals surface area (Å²) in [6.07, 6.45) is 0.799. The van der Waals surface area contributed by atoms with E-state index in [0.29, 0.717) is 25.3 Å². The second-order valence-corrected chi connectivity index (χ2v) is 5.10. The van der Waals surface area contributed by atoms with Crippen molar-refractivity contribution in [1.29, 1.82) is 0 Å². The summed E-state index contributed by atoms with van der Waals surface area (Å²) < 4.78 is 10.7. The normalized spacial score (nSPS) is 13.9. The van der Waals surface area contributed by atoms with Gasteiger partial charge < -0.3 is 14.2 Å². The molecule has 1 amide bonds. The van der Waals surface area contributed by atoms with Gasteiger partial charge in [-0.05, 0) is 44.5 Å². The summed E-state index contributed by atoms with van der Waals surface area (Å²) in [5.41, 5.74) is 2.74. The zero-order valence-electron chi connectivity index (χ0n) is 12.3. The third-order valence-corrected chi connectivity index (χ3v) is 3.73. The molecule has 2 aromatic rings. The van der Waals surface area contributed by atoms with E-state index in [4.69, 9.17) is 9.26 Å². The molecule has 0 unspecified atom stereocenters. The Morgan fingerprint density at radius 2 is 2.14 bits per heavy atom. The number of nitrogens with zero attached hydrogens (tertiary/aromatic N) is 2. The van der Waals surface area contributed by atoms with E-state index in [1.807, 2.05) is 26.0 Å². The van der Waals surface area contributed by atoms with Crippen LogP contribution in [0, 0.1) is 6.92 Å². The predicted octanol–water partition coefficient (Wildman–Crippen LogP) is 2.58. The minimum absolute atomic E-state index is 0.0118. The van der Waals surface area contributed by atoms with Gasteiger partial charge in [-0.15, -0.1) is 0 Å². The SMILES string of the molecule is CCOc1ccc(C(=O)N2CCc3c(C)noc3C2)cc1. The van der Waals surface area contributed by atoms with Gasteiger partial charge in [-0.1, -0.05) is 5.16 Å². The Balaban J connectivity index is 1.74. The first-order chi connectivity index (χ1) is 10.2. The van der Waals surface area contributed by atoms with Crippen LogP contribution in [0.3, 0.4) is 0 Å². The number of carbonyl (C=O) groups excluding carboxylic acids is 1. The maximum atomic E-state index is 12.5. The number of amides is 1. The molecule has 0 radical (unpaired) electrons. The Morgan fingerprint density at radius 3 is 2.86 bits per heavy atom. The zero-order valence-corrected chi connectivity index (χ0v) is 12.3. The molecule has 0 N–H and O–H groups in total. The van der Waals surface area contributed by atoms with Gasteiger partial charge in [0, 0.05) is 17.7 Å². The predicted molar refractivity (Wildman–Crippen MR) is 77.3 cm³/mol. The highest BCUT2D eigenvalue weighted by Gasteiger charge is 2.26. The molecule has 1 aliphatic heterocycles. The minimum atomic E-state index is 0.0118. The van der Waals surface area contributed by atoms with Crippen molar-refractivity contribution in [3.05, 3.63) is 46.8 Å². The van der Waals surface area contributed by atoms with Crippen molar-refractivity contribution in [2.75, 3.05) is 13.2 Å². The van der Waals surface area contributed by atoms with Crippen LogP contribution < -0.4 is 4.74 Å². The molecule has 0 bridgehead atoms. The minimum Gasteiger partial charge on any atom is -0.494 e. The highest BCUT2D eigenvalue weighted by atomic mass is 16.5. The van der Waals surface area contributed by atoms with Crippen LogP contribution in [-0.2, 0) is 13.0 Å². The van der Waals surface area contributed by atoms with E-state index in [2.05, 4.69) is 5.16 Å². The van der Waals surface area contributed by atoms with E-state index in [0.717, 1.165) is 29.2 Å². The van der Waals surface area contributed by atoms with Gasteiger partial charge in [0.25, 0.3) is 5.91 Å². The molecule has 5 heteroatoms. The van der Waals surface area contributed by atoms with Crippen molar-refractivity contribution in [1.82, 2.24) is 10.1 Å². The summed E-state index contributed by atoms with van der Waals surface area (Å²) in [5.74, 6) is 1.59. The van der Waals surface area contributed by atoms with Gasteiger partial charge in [0.15, 0.2) is 5.76 Å². The molecule has 110 valence electrons. The second kappa shape index (κ2) is 5.60. The number of aromatic nitrogens is 1. The number of rotatable bonds is 3. The molecule has 0 fully saturated rings. The zero-order chi connectivity index (χ0) is 14.8. The molecule has 21 heavy (non-hydrogen) atoms. The van der Waals surface area contributed by atoms with Gasteiger partial charge in [-0.25, -0.2) is 0 Å². The first kappa shape index (κ1) is 13.7. The first-order valence-corrected chi connectivity index (χ1v) is 7.15. The molecule has 0 aliphatic carbocycles. The van der Waals surface area contributed by atoms with E-state index in [9.17, 15) is 4.79 Å². The molecule has 5 nitrogen and oxygen atoms in total. The van der Waals surface area contributed by atoms with Crippen molar-refractivity contribution in [3.63, 3.8) is 0 Å². The maximum Gasteiger partial charge on any atom is 0.254 e. The Kier molecular flexibility index (Phi) is 3.64. The third kappa shape index (κ3) is 2.63. The van der Waals surface area contributed by atoms with E-state index in [1.165, 1.54) is 0 Å². The number of fused-ring (bicyclic) bond motifs is 1. The van der Waals surface area contributed by atoms with Crippen molar-refractivity contribution >= 4 is 5.91 Å². The monoisotopic (exact) mass is 286 g/mol. The lowest BCUT2D eigenvalue weighted by molar-refractivity contribution is 0.0716. The van der Waals surface area contributed by atoms with Crippen LogP contribution in [-0.4, -0.2) is 29.1 Å². The van der Waals surface area contributed by atoms with E-state index < -0.39 is 0 Å². The van der Waals surface area contributed by atoms with Crippen LogP contribution in [0.15, 0.2) is 28.8 Å². The van der Waals surface area contributed by atoms with Gasteiger partial charge >= 0.3 is 0 Å². The molecule has 0 saturated carbocycles. The number of benzene rings is 1. The Labute approximate surface area is 123 Å². The van der Waals surface area contributed by atoms with Gasteiger partial charge in [-0.2, -0.15) is 0 Å². The van der Waals surface area contributed by atoms with Crippen molar-refractivity contribution < 1.29 is 14.1 Å². The Morgan fingerprint density at radius 1 is 1.38 bits per heavy atom. The van der Waals surface area contributed by atoms with Gasteiger partial charge in [0.2, 0.25) is 0 Å². The molecule has 2 heterocycles. The summed E-state index contributed by atoms with van der Waals surface area (Å²) in [6.45, 7) is 5.67. The van der Waals surface area contributed by atoms with Crippen molar-refractivity contribution in [2.45, 2.75) is 26.8 Å². The number of carbonyl (C=O) groups is 1. The number of hydrogen-bond donors (Lipinski definition) is 0. The summed E-state index contributed by atoms with van der Waals surface area (Å²) in [6, 6.07) is 7.25. The lowest BCUT2D eigenvalue weighted by Gasteiger charge is -2.25. The smallest absolute Gasteiger partial charge is 0.254 e. The largest absolute Gasteiger partial charge is 0.494 e. The van der Waals surface area contributed by atoms with Gasteiger partial charge in [-0.3, -0.25) is 4.79 Å². The highest BCUT2D eigenvalue weighted by Crippen LogP contribution is 2.23. The van der Waals surface area contributed by atoms with Crippen molar-refractivity contribution in [2.24, 2.45) is 0 Å². The van der Waals surface area contributed by atoms with Crippen LogP contribution in [0.2, 0.25) is 0 Å². The number of hydrogen-bond acceptors (Lipinski definition) is 4. The lowest BCUT2D eigenvalue weighted by atomic mass is 10.0. The molecular weight excluding hydrogens is 268 g/mol. The summed E-state index contributed by atoms with van der Waals surface area (Å²) in [4.78, 5) is 14.3. The van der Waals surface area contributed by atoms with E-state index in [-0.39, 0.29) is 5.91 Å². The van der Waals surface area contributed by atoms with Gasteiger partial charge in [0.1, 0.15) is 5.75 Å².